The third-order valence-electron chi connectivity index (χ3n) is 4.72. The Labute approximate surface area is 189 Å². The average Bonchev–Trinajstić information content (AvgIpc) is 3.17. The van der Waals surface area contributed by atoms with Gasteiger partial charge < -0.3 is 24.4 Å². The highest BCUT2D eigenvalue weighted by atomic mass is 127. The number of nitrogens with zero attached hydrogens (tertiary/aromatic N) is 5. The van der Waals surface area contributed by atoms with E-state index in [1.165, 1.54) is 5.56 Å². The smallest absolute Gasteiger partial charge is 0.409 e. The second kappa shape index (κ2) is 11.6. The van der Waals surface area contributed by atoms with Crippen molar-refractivity contribution in [3.05, 3.63) is 54.1 Å². The summed E-state index contributed by atoms with van der Waals surface area (Å²) >= 11 is 0. The third kappa shape index (κ3) is 6.34. The van der Waals surface area contributed by atoms with Crippen LogP contribution in [0.1, 0.15) is 18.3 Å². The summed E-state index contributed by atoms with van der Waals surface area (Å²) in [6, 6.07) is 10.3. The fourth-order valence-corrected chi connectivity index (χ4v) is 3.24. The number of rotatable bonds is 5. The van der Waals surface area contributed by atoms with Crippen LogP contribution in [0, 0.1) is 0 Å². The number of imidazole rings is 1. The topological polar surface area (TPSA) is 75.0 Å². The van der Waals surface area contributed by atoms with E-state index in [-0.39, 0.29) is 30.1 Å². The van der Waals surface area contributed by atoms with Gasteiger partial charge in [-0.15, -0.1) is 24.0 Å². The number of ether oxygens (including phenoxy) is 1. The summed E-state index contributed by atoms with van der Waals surface area (Å²) in [6.45, 7) is 6.29. The molecule has 0 aliphatic carbocycles. The van der Waals surface area contributed by atoms with Crippen LogP contribution < -0.4 is 5.32 Å². The van der Waals surface area contributed by atoms with Crippen molar-refractivity contribution in [1.29, 1.82) is 0 Å². The zero-order chi connectivity index (χ0) is 19.8. The Kier molecular flexibility index (Phi) is 9.23. The summed E-state index contributed by atoms with van der Waals surface area (Å²) in [5.41, 5.74) is 1.24. The number of aliphatic imine (C=N–C) groups is 1. The maximum Gasteiger partial charge on any atom is 0.409 e. The summed E-state index contributed by atoms with van der Waals surface area (Å²) in [7, 11) is 1.77. The third-order valence-corrected chi connectivity index (χ3v) is 4.72. The van der Waals surface area contributed by atoms with Crippen LogP contribution in [0.15, 0.2) is 47.7 Å². The highest BCUT2D eigenvalue weighted by Gasteiger charge is 2.23. The van der Waals surface area contributed by atoms with Crippen molar-refractivity contribution in [2.75, 3.05) is 39.8 Å². The van der Waals surface area contributed by atoms with Crippen LogP contribution in [-0.4, -0.2) is 71.2 Å². The molecule has 1 N–H and O–H groups in total. The molecular formula is C20H29IN6O2. The predicted octanol–water partition coefficient (Wildman–Crippen LogP) is 2.40. The van der Waals surface area contributed by atoms with Crippen molar-refractivity contribution in [3.8, 4) is 0 Å². The Bertz CT molecular complexity index is 787. The van der Waals surface area contributed by atoms with E-state index in [9.17, 15) is 4.79 Å². The number of guanidine groups is 1. The summed E-state index contributed by atoms with van der Waals surface area (Å²) in [5.74, 6) is 1.77. The van der Waals surface area contributed by atoms with Gasteiger partial charge in [-0.3, -0.25) is 4.99 Å². The molecule has 1 aromatic carbocycles. The van der Waals surface area contributed by atoms with E-state index in [1.54, 1.807) is 11.9 Å². The Morgan fingerprint density at radius 3 is 2.52 bits per heavy atom. The quantitative estimate of drug-likeness (QED) is 0.379. The van der Waals surface area contributed by atoms with E-state index in [0.717, 1.165) is 31.4 Å². The van der Waals surface area contributed by atoms with Crippen molar-refractivity contribution in [2.45, 2.75) is 20.0 Å². The number of carbonyl (C=O) groups excluding carboxylic acids is 1. The lowest BCUT2D eigenvalue weighted by atomic mass is 10.2. The summed E-state index contributed by atoms with van der Waals surface area (Å²) < 4.78 is 7.21. The summed E-state index contributed by atoms with van der Waals surface area (Å²) in [4.78, 5) is 24.6. The molecule has 8 nitrogen and oxygen atoms in total. The zero-order valence-corrected chi connectivity index (χ0v) is 19.3. The van der Waals surface area contributed by atoms with Crippen LogP contribution in [0.25, 0.3) is 0 Å². The van der Waals surface area contributed by atoms with Crippen molar-refractivity contribution in [1.82, 2.24) is 24.7 Å². The Morgan fingerprint density at radius 1 is 1.17 bits per heavy atom. The molecule has 0 unspecified atom stereocenters. The molecule has 0 atom stereocenters. The molecular weight excluding hydrogens is 483 g/mol. The van der Waals surface area contributed by atoms with Crippen molar-refractivity contribution in [2.24, 2.45) is 4.99 Å². The van der Waals surface area contributed by atoms with Crippen LogP contribution in [0.2, 0.25) is 0 Å². The van der Waals surface area contributed by atoms with Gasteiger partial charge in [0.2, 0.25) is 0 Å². The number of carbonyl (C=O) groups is 1. The van der Waals surface area contributed by atoms with E-state index in [2.05, 4.69) is 36.9 Å². The lowest BCUT2D eigenvalue weighted by Crippen LogP contribution is -2.53. The van der Waals surface area contributed by atoms with E-state index < -0.39 is 0 Å². The maximum atomic E-state index is 11.8. The van der Waals surface area contributed by atoms with Gasteiger partial charge in [0.15, 0.2) is 5.96 Å². The first-order chi connectivity index (χ1) is 13.7. The lowest BCUT2D eigenvalue weighted by molar-refractivity contribution is 0.0914. The van der Waals surface area contributed by atoms with Gasteiger partial charge in [-0.2, -0.15) is 0 Å². The standard InChI is InChI=1S/C20H28N6O2.HI/c1-3-28-20(27)25-13-11-24(12-14-25)19(21-2)23-15-18-22-9-10-26(18)16-17-7-5-4-6-8-17;/h4-10H,3,11-16H2,1-2H3,(H,21,23);1H. The highest BCUT2D eigenvalue weighted by Crippen LogP contribution is 2.07. The molecule has 1 saturated heterocycles. The summed E-state index contributed by atoms with van der Waals surface area (Å²) in [6.07, 6.45) is 3.57. The van der Waals surface area contributed by atoms with Crippen LogP contribution in [0.4, 0.5) is 4.79 Å². The van der Waals surface area contributed by atoms with Gasteiger partial charge in [-0.05, 0) is 12.5 Å². The fourth-order valence-electron chi connectivity index (χ4n) is 3.24. The number of piperazine rings is 1. The number of amides is 1. The Hall–Kier alpha value is -2.30. The largest absolute Gasteiger partial charge is 0.450 e. The van der Waals surface area contributed by atoms with Gasteiger partial charge >= 0.3 is 6.09 Å². The number of hydrogen-bond donors (Lipinski definition) is 1. The molecule has 1 fully saturated rings. The lowest BCUT2D eigenvalue weighted by Gasteiger charge is -2.35. The minimum Gasteiger partial charge on any atom is -0.450 e. The molecule has 2 aromatic rings. The van der Waals surface area contributed by atoms with Gasteiger partial charge in [0.05, 0.1) is 13.2 Å². The first-order valence-corrected chi connectivity index (χ1v) is 9.62. The van der Waals surface area contributed by atoms with Crippen molar-refractivity contribution < 1.29 is 9.53 Å². The maximum absolute atomic E-state index is 11.8. The van der Waals surface area contributed by atoms with E-state index >= 15 is 0 Å². The van der Waals surface area contributed by atoms with Crippen LogP contribution >= 0.6 is 24.0 Å². The second-order valence-electron chi connectivity index (χ2n) is 6.53. The van der Waals surface area contributed by atoms with Gasteiger partial charge in [0.25, 0.3) is 0 Å². The molecule has 0 bridgehead atoms. The van der Waals surface area contributed by atoms with Crippen LogP contribution in [0.3, 0.4) is 0 Å². The van der Waals surface area contributed by atoms with E-state index in [4.69, 9.17) is 4.74 Å². The van der Waals surface area contributed by atoms with Crippen molar-refractivity contribution in [3.63, 3.8) is 0 Å². The van der Waals surface area contributed by atoms with Crippen LogP contribution in [0.5, 0.6) is 0 Å². The van der Waals surface area contributed by atoms with Crippen LogP contribution in [-0.2, 0) is 17.8 Å². The monoisotopic (exact) mass is 512 g/mol. The Balaban J connectivity index is 0.00000300. The molecule has 158 valence electrons. The summed E-state index contributed by atoms with van der Waals surface area (Å²) in [5, 5.41) is 3.39. The predicted molar refractivity (Wildman–Crippen MR) is 124 cm³/mol. The van der Waals surface area contributed by atoms with Gasteiger partial charge in [0.1, 0.15) is 5.82 Å². The minimum atomic E-state index is -0.243. The number of aromatic nitrogens is 2. The van der Waals surface area contributed by atoms with Crippen molar-refractivity contribution >= 4 is 36.0 Å². The number of nitrogens with one attached hydrogen (secondary N) is 1. The number of halogens is 1. The van der Waals surface area contributed by atoms with E-state index in [0.29, 0.717) is 26.2 Å². The molecule has 29 heavy (non-hydrogen) atoms. The normalized spacial score (nSPS) is 14.3. The van der Waals surface area contributed by atoms with Gasteiger partial charge in [-0.1, -0.05) is 30.3 Å². The zero-order valence-electron chi connectivity index (χ0n) is 17.0. The molecule has 0 radical (unpaired) electrons. The van der Waals surface area contributed by atoms with E-state index in [1.807, 2.05) is 37.5 Å². The second-order valence-corrected chi connectivity index (χ2v) is 6.53. The SMILES string of the molecule is CCOC(=O)N1CCN(C(=NC)NCc2nccn2Cc2ccccc2)CC1.I. The fraction of sp³-hybridized carbons (Fsp3) is 0.450. The molecule has 1 aromatic heterocycles. The molecule has 1 amide bonds. The molecule has 1 aliphatic heterocycles. The molecule has 2 heterocycles. The average molecular weight is 512 g/mol. The Morgan fingerprint density at radius 2 is 1.86 bits per heavy atom. The highest BCUT2D eigenvalue weighted by molar-refractivity contribution is 14.0. The first-order valence-electron chi connectivity index (χ1n) is 9.62. The van der Waals surface area contributed by atoms with Gasteiger partial charge in [-0.25, -0.2) is 9.78 Å². The first kappa shape index (κ1) is 23.0. The number of benzene rings is 1. The molecule has 9 heteroatoms. The molecule has 0 saturated carbocycles. The number of hydrogen-bond acceptors (Lipinski definition) is 4. The minimum absolute atomic E-state index is 0. The molecule has 0 spiro atoms. The molecule has 3 rings (SSSR count). The molecule has 1 aliphatic rings. The van der Waals surface area contributed by atoms with Gasteiger partial charge in [0, 0.05) is 52.2 Å².